The number of rotatable bonds is 1. The van der Waals surface area contributed by atoms with Gasteiger partial charge in [-0.1, -0.05) is 6.07 Å². The third kappa shape index (κ3) is 4.30. The van der Waals surface area contributed by atoms with Gasteiger partial charge in [0.25, 0.3) is 5.69 Å². The second-order valence-corrected chi connectivity index (χ2v) is 1.89. The zero-order chi connectivity index (χ0) is 8.43. The zero-order valence-corrected chi connectivity index (χ0v) is 11.3. The standard InChI is InChI=1S/C6H5NO4.2Na/c8-5-2-1-4(7(10)11)3-6(5)9;;/h1-3,8-9H;;/q;2*+1/p-2. The maximum atomic E-state index is 10.5. The average Bonchev–Trinajstić information content (AvgIpc) is 1.94. The van der Waals surface area contributed by atoms with Gasteiger partial charge in [-0.2, -0.15) is 0 Å². The van der Waals surface area contributed by atoms with Crippen molar-refractivity contribution in [3.8, 4) is 11.5 Å². The molecule has 58 valence electrons. The molecule has 0 fully saturated rings. The molecule has 1 aromatic carbocycles. The van der Waals surface area contributed by atoms with Crippen molar-refractivity contribution in [2.45, 2.75) is 0 Å². The van der Waals surface area contributed by atoms with E-state index in [9.17, 15) is 20.3 Å². The van der Waals surface area contributed by atoms with Gasteiger partial charge in [0.2, 0.25) is 0 Å². The van der Waals surface area contributed by atoms with Crippen molar-refractivity contribution in [3.05, 3.63) is 28.3 Å². The van der Waals surface area contributed by atoms with Crippen molar-refractivity contribution in [2.75, 3.05) is 0 Å². The largest absolute Gasteiger partial charge is 1.00 e. The molecule has 0 heterocycles. The number of benzene rings is 1. The van der Waals surface area contributed by atoms with E-state index in [4.69, 9.17) is 0 Å². The van der Waals surface area contributed by atoms with Crippen LogP contribution in [0.3, 0.4) is 0 Å². The molecule has 0 atom stereocenters. The molecule has 0 spiro atoms. The van der Waals surface area contributed by atoms with Crippen molar-refractivity contribution in [3.63, 3.8) is 0 Å². The van der Waals surface area contributed by atoms with Crippen LogP contribution in [0.15, 0.2) is 18.2 Å². The summed E-state index contributed by atoms with van der Waals surface area (Å²) in [6, 6.07) is 2.60. The van der Waals surface area contributed by atoms with Crippen molar-refractivity contribution < 1.29 is 74.3 Å². The molecular formula is C6H3NNa2O4. The molecule has 0 bridgehead atoms. The van der Waals surface area contributed by atoms with Gasteiger partial charge in [0.05, 0.1) is 4.92 Å². The molecule has 1 aromatic rings. The van der Waals surface area contributed by atoms with Crippen LogP contribution in [-0.2, 0) is 0 Å². The smallest absolute Gasteiger partial charge is 0.873 e. The summed E-state index contributed by atoms with van der Waals surface area (Å²) < 4.78 is 0. The van der Waals surface area contributed by atoms with Crippen LogP contribution in [0, 0.1) is 10.1 Å². The summed E-state index contributed by atoms with van der Waals surface area (Å²) in [4.78, 5) is 9.31. The Kier molecular flexibility index (Phi) is 8.01. The Balaban J connectivity index is 0. The summed E-state index contributed by atoms with van der Waals surface area (Å²) in [5.41, 5.74) is -0.352. The van der Waals surface area contributed by atoms with Gasteiger partial charge >= 0.3 is 59.1 Å². The second kappa shape index (κ2) is 6.64. The number of nitro benzene ring substituents is 1. The Labute approximate surface area is 118 Å². The van der Waals surface area contributed by atoms with Crippen LogP contribution in [0.2, 0.25) is 0 Å². The first kappa shape index (κ1) is 15.7. The number of hydrogen-bond donors (Lipinski definition) is 0. The molecule has 0 saturated heterocycles. The summed E-state index contributed by atoms with van der Waals surface area (Å²) in [6.07, 6.45) is 0. The molecule has 1 rings (SSSR count). The van der Waals surface area contributed by atoms with Gasteiger partial charge in [-0.3, -0.25) is 10.1 Å². The predicted molar refractivity (Wildman–Crippen MR) is 32.0 cm³/mol. The molecule has 13 heavy (non-hydrogen) atoms. The van der Waals surface area contributed by atoms with Crippen molar-refractivity contribution >= 4 is 5.69 Å². The fourth-order valence-corrected chi connectivity index (χ4v) is 0.610. The van der Waals surface area contributed by atoms with Crippen LogP contribution in [-0.4, -0.2) is 4.92 Å². The van der Waals surface area contributed by atoms with Crippen molar-refractivity contribution in [1.29, 1.82) is 0 Å². The van der Waals surface area contributed by atoms with Crippen molar-refractivity contribution in [1.82, 2.24) is 0 Å². The summed E-state index contributed by atoms with van der Waals surface area (Å²) in [5.74, 6) is -1.57. The van der Waals surface area contributed by atoms with E-state index in [1.165, 1.54) is 0 Å². The van der Waals surface area contributed by atoms with Crippen LogP contribution in [0.4, 0.5) is 5.69 Å². The second-order valence-electron chi connectivity index (χ2n) is 1.89. The summed E-state index contributed by atoms with van der Waals surface area (Å²) in [5, 5.41) is 31.0. The predicted octanol–water partition coefficient (Wildman–Crippen LogP) is -6.25. The van der Waals surface area contributed by atoms with E-state index in [1.54, 1.807) is 0 Å². The van der Waals surface area contributed by atoms with Gasteiger partial charge in [-0.15, -0.1) is 11.5 Å². The topological polar surface area (TPSA) is 89.3 Å². The van der Waals surface area contributed by atoms with Gasteiger partial charge in [-0.25, -0.2) is 0 Å². The fraction of sp³-hybridized carbons (Fsp3) is 0. The SMILES string of the molecule is O=[N+]([O-])c1ccc([O-])c([O-])c1.[Na+].[Na+]. The van der Waals surface area contributed by atoms with E-state index in [0.29, 0.717) is 6.07 Å². The maximum Gasteiger partial charge on any atom is 1.00 e. The van der Waals surface area contributed by atoms with Crippen LogP contribution in [0.1, 0.15) is 0 Å². The summed E-state index contributed by atoms with van der Waals surface area (Å²) in [7, 11) is 0. The average molecular weight is 199 g/mol. The Morgan fingerprint density at radius 1 is 1.08 bits per heavy atom. The molecule has 0 aliphatic carbocycles. The minimum Gasteiger partial charge on any atom is -0.873 e. The maximum absolute atomic E-state index is 10.5. The molecule has 0 amide bonds. The first-order valence-corrected chi connectivity index (χ1v) is 2.74. The van der Waals surface area contributed by atoms with Crippen LogP contribution < -0.4 is 69.3 Å². The number of hydrogen-bond acceptors (Lipinski definition) is 4. The molecule has 0 N–H and O–H groups in total. The third-order valence-corrected chi connectivity index (χ3v) is 1.14. The quantitative estimate of drug-likeness (QED) is 0.255. The molecule has 0 aliphatic heterocycles. The van der Waals surface area contributed by atoms with E-state index >= 15 is 0 Å². The Bertz CT molecular complexity index is 305. The van der Waals surface area contributed by atoms with Crippen LogP contribution >= 0.6 is 0 Å². The van der Waals surface area contributed by atoms with Crippen molar-refractivity contribution in [2.24, 2.45) is 0 Å². The van der Waals surface area contributed by atoms with Crippen LogP contribution in [0.5, 0.6) is 11.5 Å². The minimum atomic E-state index is -0.848. The molecule has 5 nitrogen and oxygen atoms in total. The first-order chi connectivity index (χ1) is 5.11. The zero-order valence-electron chi connectivity index (χ0n) is 7.31. The number of non-ortho nitro benzene ring substituents is 1. The van der Waals surface area contributed by atoms with Crippen LogP contribution in [0.25, 0.3) is 0 Å². The Hall–Kier alpha value is 0.220. The number of nitrogens with zero attached hydrogens (tertiary/aromatic N) is 1. The molecule has 0 unspecified atom stereocenters. The van der Waals surface area contributed by atoms with E-state index in [0.717, 1.165) is 12.1 Å². The van der Waals surface area contributed by atoms with Gasteiger partial charge in [0, 0.05) is 12.1 Å². The van der Waals surface area contributed by atoms with E-state index in [2.05, 4.69) is 0 Å². The van der Waals surface area contributed by atoms with Gasteiger partial charge in [0.1, 0.15) is 0 Å². The number of nitro groups is 1. The molecule has 7 heteroatoms. The molecule has 0 aromatic heterocycles. The van der Waals surface area contributed by atoms with Gasteiger partial charge in [-0.05, 0) is 0 Å². The van der Waals surface area contributed by atoms with Gasteiger partial charge < -0.3 is 10.2 Å². The van der Waals surface area contributed by atoms with E-state index in [-0.39, 0.29) is 64.8 Å². The Morgan fingerprint density at radius 3 is 2.00 bits per heavy atom. The normalized spacial score (nSPS) is 8.00. The fourth-order valence-electron chi connectivity index (χ4n) is 0.610. The van der Waals surface area contributed by atoms with E-state index < -0.39 is 16.4 Å². The third-order valence-electron chi connectivity index (χ3n) is 1.14. The molecular weight excluding hydrogens is 196 g/mol. The minimum absolute atomic E-state index is 0. The molecule has 0 aliphatic rings. The van der Waals surface area contributed by atoms with E-state index in [1.807, 2.05) is 0 Å². The summed E-state index contributed by atoms with van der Waals surface area (Å²) >= 11 is 0. The summed E-state index contributed by atoms with van der Waals surface area (Å²) in [6.45, 7) is 0. The first-order valence-electron chi connectivity index (χ1n) is 2.74. The monoisotopic (exact) mass is 199 g/mol. The molecule has 0 radical (unpaired) electrons. The Morgan fingerprint density at radius 2 is 1.62 bits per heavy atom. The van der Waals surface area contributed by atoms with Gasteiger partial charge in [0.15, 0.2) is 0 Å². The molecule has 0 saturated carbocycles.